The summed E-state index contributed by atoms with van der Waals surface area (Å²) in [5.74, 6) is 1.11. The number of benzene rings is 1. The monoisotopic (exact) mass is 362 g/mol. The second-order valence-electron chi connectivity index (χ2n) is 6.76. The van der Waals surface area contributed by atoms with Gasteiger partial charge in [0.15, 0.2) is 11.5 Å². The second kappa shape index (κ2) is 10.0. The van der Waals surface area contributed by atoms with Gasteiger partial charge in [0.2, 0.25) is 11.8 Å². The zero-order chi connectivity index (χ0) is 18.9. The van der Waals surface area contributed by atoms with E-state index in [1.807, 2.05) is 18.2 Å². The van der Waals surface area contributed by atoms with Crippen LogP contribution in [0, 0.1) is 0 Å². The van der Waals surface area contributed by atoms with Crippen LogP contribution >= 0.6 is 0 Å². The van der Waals surface area contributed by atoms with Gasteiger partial charge in [-0.05, 0) is 30.5 Å². The zero-order valence-corrected chi connectivity index (χ0v) is 16.0. The van der Waals surface area contributed by atoms with E-state index in [1.54, 1.807) is 26.0 Å². The van der Waals surface area contributed by atoms with Crippen molar-refractivity contribution < 1.29 is 19.1 Å². The zero-order valence-electron chi connectivity index (χ0n) is 16.0. The summed E-state index contributed by atoms with van der Waals surface area (Å²) in [6, 6.07) is 5.72. The van der Waals surface area contributed by atoms with E-state index < -0.39 is 0 Å². The van der Waals surface area contributed by atoms with Gasteiger partial charge in [-0.2, -0.15) is 0 Å². The molecular formula is C20H30N2O4. The van der Waals surface area contributed by atoms with Crippen LogP contribution in [0.1, 0.15) is 51.0 Å². The van der Waals surface area contributed by atoms with Gasteiger partial charge in [0, 0.05) is 19.5 Å². The van der Waals surface area contributed by atoms with Gasteiger partial charge in [-0.1, -0.05) is 31.7 Å². The number of hydrogen-bond donors (Lipinski definition) is 1. The molecular weight excluding hydrogens is 332 g/mol. The molecule has 144 valence electrons. The Labute approximate surface area is 155 Å². The molecule has 1 aliphatic carbocycles. The number of carbonyl (C=O) groups is 2. The molecule has 2 amide bonds. The van der Waals surface area contributed by atoms with Crippen molar-refractivity contribution in [3.05, 3.63) is 23.8 Å². The predicted molar refractivity (Wildman–Crippen MR) is 100 cm³/mol. The van der Waals surface area contributed by atoms with Gasteiger partial charge in [-0.15, -0.1) is 0 Å². The maximum Gasteiger partial charge on any atom is 0.239 e. The molecule has 0 radical (unpaired) electrons. The Morgan fingerprint density at radius 2 is 1.73 bits per heavy atom. The standard InChI is InChI=1S/C20H30N2O4/c1-15(23)22(17-8-6-4-5-7-9-17)14-20(24)21-13-16-10-11-18(25-2)19(12-16)26-3/h10-12,17H,4-9,13-14H2,1-3H3,(H,21,24). The average molecular weight is 362 g/mol. The van der Waals surface area contributed by atoms with E-state index in [2.05, 4.69) is 5.32 Å². The fourth-order valence-electron chi connectivity index (χ4n) is 3.47. The Kier molecular flexibility index (Phi) is 7.75. The van der Waals surface area contributed by atoms with Crippen molar-refractivity contribution in [2.45, 2.75) is 58.0 Å². The van der Waals surface area contributed by atoms with E-state index in [9.17, 15) is 9.59 Å². The molecule has 1 N–H and O–H groups in total. The Bertz CT molecular complexity index is 610. The summed E-state index contributed by atoms with van der Waals surface area (Å²) in [6.45, 7) is 2.05. The fraction of sp³-hybridized carbons (Fsp3) is 0.600. The highest BCUT2D eigenvalue weighted by atomic mass is 16.5. The molecule has 0 unspecified atom stereocenters. The molecule has 0 heterocycles. The summed E-state index contributed by atoms with van der Waals surface area (Å²) in [7, 11) is 3.17. The summed E-state index contributed by atoms with van der Waals surface area (Å²) in [4.78, 5) is 26.1. The number of amides is 2. The van der Waals surface area contributed by atoms with Crippen molar-refractivity contribution in [2.75, 3.05) is 20.8 Å². The summed E-state index contributed by atoms with van der Waals surface area (Å²) in [5.41, 5.74) is 0.917. The van der Waals surface area contributed by atoms with Crippen LogP contribution in [0.4, 0.5) is 0 Å². The average Bonchev–Trinajstić information content (AvgIpc) is 2.93. The van der Waals surface area contributed by atoms with Crippen molar-refractivity contribution in [1.29, 1.82) is 0 Å². The first-order valence-electron chi connectivity index (χ1n) is 9.30. The molecule has 0 aliphatic heterocycles. The molecule has 1 aromatic carbocycles. The molecule has 0 atom stereocenters. The maximum atomic E-state index is 12.4. The summed E-state index contributed by atoms with van der Waals surface area (Å²) in [5, 5.41) is 2.90. The Morgan fingerprint density at radius 1 is 1.08 bits per heavy atom. The molecule has 0 bridgehead atoms. The fourth-order valence-corrected chi connectivity index (χ4v) is 3.47. The molecule has 6 nitrogen and oxygen atoms in total. The predicted octanol–water partition coefficient (Wildman–Crippen LogP) is 2.89. The van der Waals surface area contributed by atoms with E-state index in [0.29, 0.717) is 18.0 Å². The van der Waals surface area contributed by atoms with Crippen LogP contribution in [0.2, 0.25) is 0 Å². The van der Waals surface area contributed by atoms with Crippen LogP contribution < -0.4 is 14.8 Å². The van der Waals surface area contributed by atoms with E-state index in [1.165, 1.54) is 12.8 Å². The van der Waals surface area contributed by atoms with Crippen molar-refractivity contribution in [1.82, 2.24) is 10.2 Å². The summed E-state index contributed by atoms with van der Waals surface area (Å²) < 4.78 is 10.5. The first-order valence-corrected chi connectivity index (χ1v) is 9.30. The van der Waals surface area contributed by atoms with Gasteiger partial charge in [0.25, 0.3) is 0 Å². The van der Waals surface area contributed by atoms with Crippen molar-refractivity contribution in [3.63, 3.8) is 0 Å². The van der Waals surface area contributed by atoms with Crippen molar-refractivity contribution in [3.8, 4) is 11.5 Å². The minimum Gasteiger partial charge on any atom is -0.493 e. The van der Waals surface area contributed by atoms with E-state index in [-0.39, 0.29) is 24.4 Å². The molecule has 2 rings (SSSR count). The lowest BCUT2D eigenvalue weighted by Crippen LogP contribution is -2.45. The second-order valence-corrected chi connectivity index (χ2v) is 6.76. The van der Waals surface area contributed by atoms with Gasteiger partial charge in [0.05, 0.1) is 20.8 Å². The molecule has 1 saturated carbocycles. The number of carbonyl (C=O) groups excluding carboxylic acids is 2. The first-order chi connectivity index (χ1) is 12.5. The molecule has 1 aliphatic rings. The number of ether oxygens (including phenoxy) is 2. The summed E-state index contributed by atoms with van der Waals surface area (Å²) >= 11 is 0. The third-order valence-electron chi connectivity index (χ3n) is 4.92. The largest absolute Gasteiger partial charge is 0.493 e. The van der Waals surface area contributed by atoms with E-state index in [0.717, 1.165) is 31.2 Å². The van der Waals surface area contributed by atoms with Crippen LogP contribution in [0.5, 0.6) is 11.5 Å². The van der Waals surface area contributed by atoms with Crippen LogP contribution in [0.15, 0.2) is 18.2 Å². The lowest BCUT2D eigenvalue weighted by molar-refractivity contribution is -0.136. The Balaban J connectivity index is 1.92. The quantitative estimate of drug-likeness (QED) is 0.758. The number of hydrogen-bond acceptors (Lipinski definition) is 4. The van der Waals surface area contributed by atoms with Gasteiger partial charge in [-0.25, -0.2) is 0 Å². The van der Waals surface area contributed by atoms with Crippen LogP contribution in [0.3, 0.4) is 0 Å². The molecule has 0 aromatic heterocycles. The molecule has 1 aromatic rings. The smallest absolute Gasteiger partial charge is 0.239 e. The van der Waals surface area contributed by atoms with Crippen LogP contribution in [0.25, 0.3) is 0 Å². The summed E-state index contributed by atoms with van der Waals surface area (Å²) in [6.07, 6.45) is 6.66. The lowest BCUT2D eigenvalue weighted by atomic mass is 10.1. The highest BCUT2D eigenvalue weighted by Crippen LogP contribution is 2.27. The van der Waals surface area contributed by atoms with Crippen LogP contribution in [-0.2, 0) is 16.1 Å². The highest BCUT2D eigenvalue weighted by molar-refractivity contribution is 5.84. The van der Waals surface area contributed by atoms with Crippen molar-refractivity contribution in [2.24, 2.45) is 0 Å². The SMILES string of the molecule is COc1ccc(CNC(=O)CN(C(C)=O)C2CCCCCC2)cc1OC. The van der Waals surface area contributed by atoms with Gasteiger partial charge in [0.1, 0.15) is 0 Å². The van der Waals surface area contributed by atoms with Crippen molar-refractivity contribution >= 4 is 11.8 Å². The number of nitrogens with zero attached hydrogens (tertiary/aromatic N) is 1. The Morgan fingerprint density at radius 3 is 2.31 bits per heavy atom. The molecule has 26 heavy (non-hydrogen) atoms. The topological polar surface area (TPSA) is 67.9 Å². The number of nitrogens with one attached hydrogen (secondary N) is 1. The first kappa shape index (κ1) is 20.1. The molecule has 6 heteroatoms. The third kappa shape index (κ3) is 5.64. The van der Waals surface area contributed by atoms with Gasteiger partial charge < -0.3 is 19.7 Å². The number of rotatable bonds is 7. The van der Waals surface area contributed by atoms with Crippen LogP contribution in [-0.4, -0.2) is 43.5 Å². The molecule has 0 saturated heterocycles. The lowest BCUT2D eigenvalue weighted by Gasteiger charge is -2.29. The maximum absolute atomic E-state index is 12.4. The van der Waals surface area contributed by atoms with E-state index >= 15 is 0 Å². The normalized spacial score (nSPS) is 15.0. The minimum absolute atomic E-state index is 0.0295. The Hall–Kier alpha value is -2.24. The van der Waals surface area contributed by atoms with E-state index in [4.69, 9.17) is 9.47 Å². The molecule has 1 fully saturated rings. The van der Waals surface area contributed by atoms with Gasteiger partial charge >= 0.3 is 0 Å². The third-order valence-corrected chi connectivity index (χ3v) is 4.92. The van der Waals surface area contributed by atoms with Gasteiger partial charge in [-0.3, -0.25) is 9.59 Å². The number of methoxy groups -OCH3 is 2. The highest BCUT2D eigenvalue weighted by Gasteiger charge is 2.24. The molecule has 0 spiro atoms. The minimum atomic E-state index is -0.140.